The Morgan fingerprint density at radius 1 is 1.22 bits per heavy atom. The number of nitrogens with one attached hydrogen (secondary N) is 1. The standard InChI is InChI=1S/C8H19N/c1-4-6-9-7-5-8(2)3/h8-9H,4-7H2,1-3H3. The highest BCUT2D eigenvalue weighted by molar-refractivity contribution is 4.49. The Hall–Kier alpha value is -0.0400. The van der Waals surface area contributed by atoms with Crippen LogP contribution in [0.5, 0.6) is 0 Å². The summed E-state index contributed by atoms with van der Waals surface area (Å²) in [5, 5.41) is 3.37. The molecule has 0 aliphatic rings. The number of hydrogen-bond acceptors (Lipinski definition) is 1. The quantitative estimate of drug-likeness (QED) is 0.560. The third-order valence-corrected chi connectivity index (χ3v) is 1.33. The molecule has 0 heterocycles. The highest BCUT2D eigenvalue weighted by atomic mass is 14.8. The van der Waals surface area contributed by atoms with E-state index in [9.17, 15) is 0 Å². The Balaban J connectivity index is 2.75. The van der Waals surface area contributed by atoms with Gasteiger partial charge in [-0.1, -0.05) is 20.8 Å². The van der Waals surface area contributed by atoms with Gasteiger partial charge in [0.15, 0.2) is 0 Å². The Bertz CT molecular complexity index is 50.5. The Morgan fingerprint density at radius 3 is 2.33 bits per heavy atom. The van der Waals surface area contributed by atoms with Crippen molar-refractivity contribution in [3.63, 3.8) is 0 Å². The molecule has 0 aliphatic heterocycles. The summed E-state index contributed by atoms with van der Waals surface area (Å²) >= 11 is 0. The maximum atomic E-state index is 3.37. The highest BCUT2D eigenvalue weighted by Gasteiger charge is 1.90. The molecule has 0 atom stereocenters. The molecule has 0 aromatic carbocycles. The predicted octanol–water partition coefficient (Wildman–Crippen LogP) is 2.03. The van der Waals surface area contributed by atoms with Crippen LogP contribution in [0.2, 0.25) is 0 Å². The third kappa shape index (κ3) is 7.96. The van der Waals surface area contributed by atoms with Crippen molar-refractivity contribution in [2.24, 2.45) is 5.92 Å². The minimum Gasteiger partial charge on any atom is -0.317 e. The largest absolute Gasteiger partial charge is 0.317 e. The molecule has 9 heavy (non-hydrogen) atoms. The molecule has 0 radical (unpaired) electrons. The molecule has 0 aliphatic carbocycles. The molecule has 0 spiro atoms. The van der Waals surface area contributed by atoms with Gasteiger partial charge in [-0.15, -0.1) is 0 Å². The smallest absolute Gasteiger partial charge is 0.00465 e. The van der Waals surface area contributed by atoms with Crippen LogP contribution in [0.1, 0.15) is 33.6 Å². The lowest BCUT2D eigenvalue weighted by Gasteiger charge is -2.04. The van der Waals surface area contributed by atoms with Gasteiger partial charge < -0.3 is 5.32 Å². The zero-order chi connectivity index (χ0) is 7.11. The van der Waals surface area contributed by atoms with Gasteiger partial charge in [0, 0.05) is 0 Å². The molecule has 0 amide bonds. The van der Waals surface area contributed by atoms with Gasteiger partial charge in [0.05, 0.1) is 0 Å². The van der Waals surface area contributed by atoms with Gasteiger partial charge in [-0.2, -0.15) is 0 Å². The lowest BCUT2D eigenvalue weighted by atomic mass is 10.1. The summed E-state index contributed by atoms with van der Waals surface area (Å²) < 4.78 is 0. The molecule has 0 rings (SSSR count). The van der Waals surface area contributed by atoms with Gasteiger partial charge in [0.25, 0.3) is 0 Å². The second kappa shape index (κ2) is 6.09. The topological polar surface area (TPSA) is 12.0 Å². The first-order valence-electron chi connectivity index (χ1n) is 3.98. The Labute approximate surface area is 58.8 Å². The second-order valence-corrected chi connectivity index (χ2v) is 2.93. The van der Waals surface area contributed by atoms with Gasteiger partial charge in [-0.05, 0) is 31.8 Å². The van der Waals surface area contributed by atoms with Crippen molar-refractivity contribution in [2.75, 3.05) is 13.1 Å². The lowest BCUT2D eigenvalue weighted by Crippen LogP contribution is -2.17. The molecule has 1 nitrogen and oxygen atoms in total. The highest BCUT2D eigenvalue weighted by Crippen LogP contribution is 1.95. The molecule has 0 unspecified atom stereocenters. The molecular formula is C8H19N. The van der Waals surface area contributed by atoms with E-state index in [1.165, 1.54) is 25.9 Å². The third-order valence-electron chi connectivity index (χ3n) is 1.33. The van der Waals surface area contributed by atoms with E-state index < -0.39 is 0 Å². The predicted molar refractivity (Wildman–Crippen MR) is 42.6 cm³/mol. The van der Waals surface area contributed by atoms with Crippen LogP contribution in [0.25, 0.3) is 0 Å². The fourth-order valence-corrected chi connectivity index (χ4v) is 0.693. The van der Waals surface area contributed by atoms with Crippen molar-refractivity contribution in [3.8, 4) is 0 Å². The van der Waals surface area contributed by atoms with Crippen LogP contribution in [0.3, 0.4) is 0 Å². The van der Waals surface area contributed by atoms with Crippen LogP contribution in [0, 0.1) is 5.92 Å². The average molecular weight is 129 g/mol. The van der Waals surface area contributed by atoms with E-state index in [1.807, 2.05) is 0 Å². The zero-order valence-corrected chi connectivity index (χ0v) is 6.91. The van der Waals surface area contributed by atoms with E-state index in [1.54, 1.807) is 0 Å². The molecule has 0 fully saturated rings. The van der Waals surface area contributed by atoms with Crippen LogP contribution < -0.4 is 5.32 Å². The maximum Gasteiger partial charge on any atom is -0.00465 e. The van der Waals surface area contributed by atoms with E-state index in [0.29, 0.717) is 0 Å². The fourth-order valence-electron chi connectivity index (χ4n) is 0.693. The van der Waals surface area contributed by atoms with Crippen molar-refractivity contribution in [3.05, 3.63) is 0 Å². The lowest BCUT2D eigenvalue weighted by molar-refractivity contribution is 0.537. The maximum absolute atomic E-state index is 3.37. The summed E-state index contributed by atoms with van der Waals surface area (Å²) in [5.41, 5.74) is 0. The molecule has 0 saturated carbocycles. The normalized spacial score (nSPS) is 10.7. The van der Waals surface area contributed by atoms with Gasteiger partial charge in [0.1, 0.15) is 0 Å². The van der Waals surface area contributed by atoms with Crippen LogP contribution in [-0.4, -0.2) is 13.1 Å². The minimum absolute atomic E-state index is 0.842. The zero-order valence-electron chi connectivity index (χ0n) is 6.91. The van der Waals surface area contributed by atoms with Crippen LogP contribution in [0.15, 0.2) is 0 Å². The van der Waals surface area contributed by atoms with E-state index in [4.69, 9.17) is 0 Å². The summed E-state index contributed by atoms with van der Waals surface area (Å²) in [6.07, 6.45) is 2.55. The van der Waals surface area contributed by atoms with Gasteiger partial charge in [-0.25, -0.2) is 0 Å². The summed E-state index contributed by atoms with van der Waals surface area (Å²) in [6.45, 7) is 9.07. The van der Waals surface area contributed by atoms with Gasteiger partial charge in [0.2, 0.25) is 0 Å². The minimum atomic E-state index is 0.842. The molecule has 1 N–H and O–H groups in total. The monoisotopic (exact) mass is 129 g/mol. The van der Waals surface area contributed by atoms with Crippen molar-refractivity contribution < 1.29 is 0 Å². The van der Waals surface area contributed by atoms with Crippen molar-refractivity contribution >= 4 is 0 Å². The molecule has 0 aromatic heterocycles. The fraction of sp³-hybridized carbons (Fsp3) is 1.00. The summed E-state index contributed by atoms with van der Waals surface area (Å²) in [6, 6.07) is 0. The first-order chi connectivity index (χ1) is 4.27. The van der Waals surface area contributed by atoms with E-state index in [2.05, 4.69) is 26.1 Å². The van der Waals surface area contributed by atoms with Crippen LogP contribution in [-0.2, 0) is 0 Å². The van der Waals surface area contributed by atoms with Crippen molar-refractivity contribution in [2.45, 2.75) is 33.6 Å². The van der Waals surface area contributed by atoms with E-state index in [0.717, 1.165) is 5.92 Å². The SMILES string of the molecule is CCCNCCC(C)C. The van der Waals surface area contributed by atoms with Crippen molar-refractivity contribution in [1.29, 1.82) is 0 Å². The Kier molecular flexibility index (Phi) is 6.06. The molecule has 56 valence electrons. The van der Waals surface area contributed by atoms with Crippen LogP contribution in [0.4, 0.5) is 0 Å². The molecule has 0 bridgehead atoms. The van der Waals surface area contributed by atoms with Crippen molar-refractivity contribution in [1.82, 2.24) is 5.32 Å². The summed E-state index contributed by atoms with van der Waals surface area (Å²) in [4.78, 5) is 0. The van der Waals surface area contributed by atoms with E-state index in [-0.39, 0.29) is 0 Å². The average Bonchev–Trinajstić information content (AvgIpc) is 1.80. The molecule has 1 heteroatoms. The number of hydrogen-bond donors (Lipinski definition) is 1. The van der Waals surface area contributed by atoms with Gasteiger partial charge in [-0.3, -0.25) is 0 Å². The van der Waals surface area contributed by atoms with E-state index >= 15 is 0 Å². The second-order valence-electron chi connectivity index (χ2n) is 2.93. The molecule has 0 saturated heterocycles. The molecular weight excluding hydrogens is 110 g/mol. The van der Waals surface area contributed by atoms with Gasteiger partial charge >= 0.3 is 0 Å². The molecule has 0 aromatic rings. The van der Waals surface area contributed by atoms with Crippen LogP contribution >= 0.6 is 0 Å². The summed E-state index contributed by atoms with van der Waals surface area (Å²) in [5.74, 6) is 0.842. The summed E-state index contributed by atoms with van der Waals surface area (Å²) in [7, 11) is 0. The Morgan fingerprint density at radius 2 is 1.89 bits per heavy atom. The first-order valence-corrected chi connectivity index (χ1v) is 3.98. The number of rotatable bonds is 5. The first kappa shape index (κ1) is 8.96.